The zero-order valence-electron chi connectivity index (χ0n) is 11.3. The second-order valence-electron chi connectivity index (χ2n) is 4.36. The van der Waals surface area contributed by atoms with Crippen LogP contribution in [0.1, 0.15) is 12.5 Å². The molecule has 0 unspecified atom stereocenters. The maximum absolute atomic E-state index is 12.1. The molecule has 0 fully saturated rings. The second-order valence-corrected chi connectivity index (χ2v) is 6.13. The van der Waals surface area contributed by atoms with Gasteiger partial charge < -0.3 is 5.32 Å². The SMILES string of the molecule is CCNc1ccc(S(=O)(=O)NCc2ccccc2)cc1. The highest BCUT2D eigenvalue weighted by atomic mass is 32.2. The maximum Gasteiger partial charge on any atom is 0.240 e. The van der Waals surface area contributed by atoms with Crippen molar-refractivity contribution < 1.29 is 8.42 Å². The van der Waals surface area contributed by atoms with Crippen LogP contribution in [0.25, 0.3) is 0 Å². The van der Waals surface area contributed by atoms with Gasteiger partial charge in [0, 0.05) is 18.8 Å². The van der Waals surface area contributed by atoms with Gasteiger partial charge in [-0.1, -0.05) is 30.3 Å². The quantitative estimate of drug-likeness (QED) is 0.859. The van der Waals surface area contributed by atoms with Gasteiger partial charge in [-0.05, 0) is 36.8 Å². The summed E-state index contributed by atoms with van der Waals surface area (Å²) in [6, 6.07) is 16.2. The molecule has 0 aromatic heterocycles. The van der Waals surface area contributed by atoms with E-state index < -0.39 is 10.0 Å². The highest BCUT2D eigenvalue weighted by molar-refractivity contribution is 7.89. The topological polar surface area (TPSA) is 58.2 Å². The first-order chi connectivity index (χ1) is 9.62. The van der Waals surface area contributed by atoms with Crippen molar-refractivity contribution in [1.82, 2.24) is 4.72 Å². The number of anilines is 1. The first kappa shape index (κ1) is 14.6. The maximum atomic E-state index is 12.1. The van der Waals surface area contributed by atoms with E-state index in [1.165, 1.54) is 0 Å². The Morgan fingerprint density at radius 3 is 2.20 bits per heavy atom. The first-order valence-electron chi connectivity index (χ1n) is 6.49. The Kier molecular flexibility index (Phi) is 4.76. The van der Waals surface area contributed by atoms with Gasteiger partial charge in [0.25, 0.3) is 0 Å². The van der Waals surface area contributed by atoms with E-state index in [4.69, 9.17) is 0 Å². The molecule has 0 bridgehead atoms. The molecule has 0 aliphatic carbocycles. The van der Waals surface area contributed by atoms with E-state index in [0.717, 1.165) is 17.8 Å². The smallest absolute Gasteiger partial charge is 0.240 e. The van der Waals surface area contributed by atoms with Gasteiger partial charge in [0.15, 0.2) is 0 Å². The van der Waals surface area contributed by atoms with Gasteiger partial charge in [-0.15, -0.1) is 0 Å². The van der Waals surface area contributed by atoms with Crippen LogP contribution in [0.5, 0.6) is 0 Å². The van der Waals surface area contributed by atoms with E-state index in [1.807, 2.05) is 37.3 Å². The van der Waals surface area contributed by atoms with Crippen molar-refractivity contribution in [3.8, 4) is 0 Å². The van der Waals surface area contributed by atoms with E-state index >= 15 is 0 Å². The van der Waals surface area contributed by atoms with Crippen molar-refractivity contribution >= 4 is 15.7 Å². The van der Waals surface area contributed by atoms with Gasteiger partial charge >= 0.3 is 0 Å². The minimum atomic E-state index is -3.47. The summed E-state index contributed by atoms with van der Waals surface area (Å²) in [4.78, 5) is 0.273. The van der Waals surface area contributed by atoms with Gasteiger partial charge in [-0.2, -0.15) is 0 Å². The van der Waals surface area contributed by atoms with Crippen LogP contribution in [0.15, 0.2) is 59.5 Å². The van der Waals surface area contributed by atoms with Crippen molar-refractivity contribution in [2.24, 2.45) is 0 Å². The lowest BCUT2D eigenvalue weighted by atomic mass is 10.2. The summed E-state index contributed by atoms with van der Waals surface area (Å²) in [6.07, 6.45) is 0. The van der Waals surface area contributed by atoms with Crippen LogP contribution < -0.4 is 10.0 Å². The number of nitrogens with one attached hydrogen (secondary N) is 2. The van der Waals surface area contributed by atoms with Crippen LogP contribution in [-0.2, 0) is 16.6 Å². The summed E-state index contributed by atoms with van der Waals surface area (Å²) >= 11 is 0. The Morgan fingerprint density at radius 2 is 1.60 bits per heavy atom. The fourth-order valence-corrected chi connectivity index (χ4v) is 2.83. The minimum Gasteiger partial charge on any atom is -0.385 e. The van der Waals surface area contributed by atoms with E-state index in [9.17, 15) is 8.42 Å². The number of rotatable bonds is 6. The summed E-state index contributed by atoms with van der Waals surface area (Å²) in [5.74, 6) is 0. The zero-order chi connectivity index (χ0) is 14.4. The van der Waals surface area contributed by atoms with Gasteiger partial charge in [-0.3, -0.25) is 0 Å². The average molecular weight is 290 g/mol. The molecule has 4 nitrogen and oxygen atoms in total. The van der Waals surface area contributed by atoms with Crippen LogP contribution >= 0.6 is 0 Å². The van der Waals surface area contributed by atoms with Crippen LogP contribution in [0.3, 0.4) is 0 Å². The number of hydrogen-bond acceptors (Lipinski definition) is 3. The van der Waals surface area contributed by atoms with Crippen molar-refractivity contribution in [1.29, 1.82) is 0 Å². The highest BCUT2D eigenvalue weighted by Gasteiger charge is 2.13. The molecule has 2 aromatic carbocycles. The first-order valence-corrected chi connectivity index (χ1v) is 7.97. The minimum absolute atomic E-state index is 0.273. The molecule has 0 heterocycles. The van der Waals surface area contributed by atoms with E-state index in [2.05, 4.69) is 10.0 Å². The molecular weight excluding hydrogens is 272 g/mol. The van der Waals surface area contributed by atoms with Crippen molar-refractivity contribution in [3.05, 3.63) is 60.2 Å². The number of hydrogen-bond donors (Lipinski definition) is 2. The van der Waals surface area contributed by atoms with E-state index in [0.29, 0.717) is 0 Å². The molecule has 0 spiro atoms. The Morgan fingerprint density at radius 1 is 0.950 bits per heavy atom. The third-order valence-electron chi connectivity index (χ3n) is 2.85. The second kappa shape index (κ2) is 6.54. The largest absolute Gasteiger partial charge is 0.385 e. The highest BCUT2D eigenvalue weighted by Crippen LogP contribution is 2.14. The zero-order valence-corrected chi connectivity index (χ0v) is 12.2. The fourth-order valence-electron chi connectivity index (χ4n) is 1.81. The van der Waals surface area contributed by atoms with Crippen molar-refractivity contribution in [2.45, 2.75) is 18.4 Å². The predicted molar refractivity (Wildman–Crippen MR) is 81.1 cm³/mol. The van der Waals surface area contributed by atoms with Crippen LogP contribution in [-0.4, -0.2) is 15.0 Å². The molecule has 106 valence electrons. The summed E-state index contributed by atoms with van der Waals surface area (Å²) in [6.45, 7) is 3.09. The molecule has 0 aliphatic rings. The molecule has 2 aromatic rings. The molecule has 0 saturated heterocycles. The van der Waals surface area contributed by atoms with E-state index in [-0.39, 0.29) is 11.4 Å². The van der Waals surface area contributed by atoms with Crippen LogP contribution in [0, 0.1) is 0 Å². The molecule has 0 amide bonds. The molecule has 0 saturated carbocycles. The molecule has 0 atom stereocenters. The van der Waals surface area contributed by atoms with Gasteiger partial charge in [0.1, 0.15) is 0 Å². The lowest BCUT2D eigenvalue weighted by Crippen LogP contribution is -2.23. The van der Waals surface area contributed by atoms with Crippen molar-refractivity contribution in [2.75, 3.05) is 11.9 Å². The van der Waals surface area contributed by atoms with Crippen LogP contribution in [0.4, 0.5) is 5.69 Å². The molecule has 20 heavy (non-hydrogen) atoms. The summed E-state index contributed by atoms with van der Waals surface area (Å²) in [5, 5.41) is 3.13. The molecule has 0 radical (unpaired) electrons. The number of sulfonamides is 1. The normalized spacial score (nSPS) is 11.2. The number of benzene rings is 2. The van der Waals surface area contributed by atoms with Crippen LogP contribution in [0.2, 0.25) is 0 Å². The van der Waals surface area contributed by atoms with Gasteiger partial charge in [0.05, 0.1) is 4.90 Å². The van der Waals surface area contributed by atoms with E-state index in [1.54, 1.807) is 24.3 Å². The molecule has 2 N–H and O–H groups in total. The summed E-state index contributed by atoms with van der Waals surface area (Å²) < 4.78 is 26.9. The Balaban J connectivity index is 2.06. The summed E-state index contributed by atoms with van der Waals surface area (Å²) in [7, 11) is -3.47. The standard InChI is InChI=1S/C15H18N2O2S/c1-2-16-14-8-10-15(11-9-14)20(18,19)17-12-13-6-4-3-5-7-13/h3-11,16-17H,2,12H2,1H3. The Hall–Kier alpha value is -1.85. The predicted octanol–water partition coefficient (Wildman–Crippen LogP) is 2.60. The lowest BCUT2D eigenvalue weighted by Gasteiger charge is -2.08. The van der Waals surface area contributed by atoms with Gasteiger partial charge in [0.2, 0.25) is 10.0 Å². The third kappa shape index (κ3) is 3.82. The average Bonchev–Trinajstić information content (AvgIpc) is 2.47. The Bertz CT molecular complexity index is 637. The molecular formula is C15H18N2O2S. The van der Waals surface area contributed by atoms with Gasteiger partial charge in [-0.25, -0.2) is 13.1 Å². The Labute approximate surface area is 119 Å². The summed E-state index contributed by atoms with van der Waals surface area (Å²) in [5.41, 5.74) is 1.84. The fraction of sp³-hybridized carbons (Fsp3) is 0.200. The molecule has 0 aliphatic heterocycles. The van der Waals surface area contributed by atoms with Crippen molar-refractivity contribution in [3.63, 3.8) is 0 Å². The monoisotopic (exact) mass is 290 g/mol. The molecule has 5 heteroatoms. The molecule has 2 rings (SSSR count). The third-order valence-corrected chi connectivity index (χ3v) is 4.27. The lowest BCUT2D eigenvalue weighted by molar-refractivity contribution is 0.581.